The van der Waals surface area contributed by atoms with Crippen LogP contribution in [-0.2, 0) is 11.0 Å². The Labute approximate surface area is 186 Å². The standard InChI is InChI=1S/C24H23F5N2O2/c25-17-3-1-14(2-4-17)22-21(15-9-13(10-15)5-7-30-20(33)6-8-32)18-11-16(24(27,28)29)12-19(26)23(18)31-22/h1-4,11-13,15,31-32H,5-10H2,(H,30,33). The van der Waals surface area contributed by atoms with Gasteiger partial charge in [0.2, 0.25) is 5.91 Å². The molecule has 0 bridgehead atoms. The van der Waals surface area contributed by atoms with E-state index in [-0.39, 0.29) is 41.7 Å². The van der Waals surface area contributed by atoms with Gasteiger partial charge < -0.3 is 15.4 Å². The smallest absolute Gasteiger partial charge is 0.396 e. The molecule has 1 fully saturated rings. The van der Waals surface area contributed by atoms with E-state index in [1.807, 2.05) is 0 Å². The van der Waals surface area contributed by atoms with Crippen molar-refractivity contribution in [3.8, 4) is 11.3 Å². The van der Waals surface area contributed by atoms with E-state index >= 15 is 0 Å². The Bertz CT molecular complexity index is 1150. The van der Waals surface area contributed by atoms with Crippen LogP contribution in [0.3, 0.4) is 0 Å². The molecule has 0 atom stereocenters. The number of hydrogen-bond acceptors (Lipinski definition) is 2. The summed E-state index contributed by atoms with van der Waals surface area (Å²) in [6.45, 7) is 0.225. The Morgan fingerprint density at radius 3 is 2.45 bits per heavy atom. The number of alkyl halides is 3. The molecule has 0 spiro atoms. The Kier molecular flexibility index (Phi) is 6.43. The van der Waals surface area contributed by atoms with Crippen molar-refractivity contribution < 1.29 is 31.9 Å². The van der Waals surface area contributed by atoms with Crippen molar-refractivity contribution in [1.29, 1.82) is 0 Å². The molecule has 3 aromatic rings. The van der Waals surface area contributed by atoms with E-state index in [1.165, 1.54) is 24.3 Å². The van der Waals surface area contributed by atoms with E-state index in [0.29, 0.717) is 48.7 Å². The molecule has 1 saturated carbocycles. The molecule has 0 saturated heterocycles. The zero-order chi connectivity index (χ0) is 23.8. The van der Waals surface area contributed by atoms with Crippen LogP contribution in [-0.4, -0.2) is 29.1 Å². The highest BCUT2D eigenvalue weighted by Gasteiger charge is 2.36. The lowest BCUT2D eigenvalue weighted by Crippen LogP contribution is -2.30. The monoisotopic (exact) mass is 466 g/mol. The summed E-state index contributed by atoms with van der Waals surface area (Å²) >= 11 is 0. The molecule has 176 valence electrons. The summed E-state index contributed by atoms with van der Waals surface area (Å²) in [6.07, 6.45) is -2.60. The molecular formula is C24H23F5N2O2. The van der Waals surface area contributed by atoms with E-state index in [9.17, 15) is 26.7 Å². The zero-order valence-electron chi connectivity index (χ0n) is 17.6. The third-order valence-electron chi connectivity index (χ3n) is 6.22. The lowest BCUT2D eigenvalue weighted by atomic mass is 9.69. The minimum Gasteiger partial charge on any atom is -0.396 e. The molecule has 3 N–H and O–H groups in total. The van der Waals surface area contributed by atoms with Gasteiger partial charge in [-0.2, -0.15) is 13.2 Å². The number of H-pyrrole nitrogens is 1. The van der Waals surface area contributed by atoms with Gasteiger partial charge in [0, 0.05) is 18.4 Å². The second-order valence-corrected chi connectivity index (χ2v) is 8.45. The summed E-state index contributed by atoms with van der Waals surface area (Å²) in [6, 6.07) is 6.98. The van der Waals surface area contributed by atoms with E-state index in [4.69, 9.17) is 5.11 Å². The lowest BCUT2D eigenvalue weighted by Gasteiger charge is -2.36. The number of nitrogens with one attached hydrogen (secondary N) is 2. The van der Waals surface area contributed by atoms with Crippen molar-refractivity contribution in [2.45, 2.75) is 37.8 Å². The highest BCUT2D eigenvalue weighted by Crippen LogP contribution is 2.49. The van der Waals surface area contributed by atoms with Gasteiger partial charge in [-0.3, -0.25) is 4.79 Å². The molecule has 4 nitrogen and oxygen atoms in total. The number of aromatic amines is 1. The third kappa shape index (κ3) is 4.88. The van der Waals surface area contributed by atoms with Gasteiger partial charge in [-0.05, 0) is 78.6 Å². The summed E-state index contributed by atoms with van der Waals surface area (Å²) in [4.78, 5) is 14.4. The van der Waals surface area contributed by atoms with Gasteiger partial charge in [0.1, 0.15) is 11.6 Å². The number of aliphatic hydroxyl groups excluding tert-OH is 1. The maximum atomic E-state index is 14.7. The first-order valence-electron chi connectivity index (χ1n) is 10.7. The molecule has 1 aromatic heterocycles. The molecule has 0 aliphatic heterocycles. The maximum absolute atomic E-state index is 14.7. The first-order valence-corrected chi connectivity index (χ1v) is 10.7. The van der Waals surface area contributed by atoms with Crippen molar-refractivity contribution >= 4 is 16.8 Å². The molecule has 9 heteroatoms. The lowest BCUT2D eigenvalue weighted by molar-refractivity contribution is -0.137. The summed E-state index contributed by atoms with van der Waals surface area (Å²) in [5, 5.41) is 11.7. The van der Waals surface area contributed by atoms with Crippen LogP contribution in [0.25, 0.3) is 22.2 Å². The van der Waals surface area contributed by atoms with Crippen LogP contribution in [0.2, 0.25) is 0 Å². The van der Waals surface area contributed by atoms with Gasteiger partial charge in [-0.1, -0.05) is 0 Å². The van der Waals surface area contributed by atoms with Crippen molar-refractivity contribution in [2.24, 2.45) is 5.92 Å². The number of carbonyl (C=O) groups is 1. The number of hydrogen-bond donors (Lipinski definition) is 3. The van der Waals surface area contributed by atoms with Crippen molar-refractivity contribution in [1.82, 2.24) is 10.3 Å². The Hall–Kier alpha value is -2.94. The maximum Gasteiger partial charge on any atom is 0.416 e. The van der Waals surface area contributed by atoms with E-state index in [0.717, 1.165) is 6.07 Å². The van der Waals surface area contributed by atoms with E-state index in [1.54, 1.807) is 0 Å². The number of fused-ring (bicyclic) bond motifs is 1. The van der Waals surface area contributed by atoms with Crippen LogP contribution in [0.5, 0.6) is 0 Å². The van der Waals surface area contributed by atoms with Crippen LogP contribution in [0.4, 0.5) is 22.0 Å². The SMILES string of the molecule is O=C(CCO)NCCC1CC(c2c(-c3ccc(F)cc3)[nH]c3c(F)cc(C(F)(F)F)cc23)C1. The molecule has 2 aromatic carbocycles. The Morgan fingerprint density at radius 1 is 1.12 bits per heavy atom. The van der Waals surface area contributed by atoms with Gasteiger partial charge in [0.25, 0.3) is 0 Å². The topological polar surface area (TPSA) is 65.1 Å². The zero-order valence-corrected chi connectivity index (χ0v) is 17.6. The first-order chi connectivity index (χ1) is 15.7. The number of halogens is 5. The second kappa shape index (κ2) is 9.13. The largest absolute Gasteiger partial charge is 0.416 e. The van der Waals surface area contributed by atoms with E-state index < -0.39 is 23.4 Å². The second-order valence-electron chi connectivity index (χ2n) is 8.45. The normalized spacial score (nSPS) is 18.4. The molecule has 1 aliphatic carbocycles. The number of benzene rings is 2. The number of aromatic nitrogens is 1. The van der Waals surface area contributed by atoms with Crippen LogP contribution in [0.1, 0.15) is 42.7 Å². The third-order valence-corrected chi connectivity index (χ3v) is 6.22. The Balaban J connectivity index is 1.64. The average Bonchev–Trinajstić information content (AvgIpc) is 3.09. The fourth-order valence-electron chi connectivity index (χ4n) is 4.52. The fraction of sp³-hybridized carbons (Fsp3) is 0.375. The molecule has 1 aliphatic rings. The van der Waals surface area contributed by atoms with Gasteiger partial charge in [0.05, 0.1) is 23.4 Å². The average molecular weight is 466 g/mol. The molecule has 0 radical (unpaired) electrons. The number of aliphatic hydroxyl groups is 1. The molecule has 33 heavy (non-hydrogen) atoms. The highest BCUT2D eigenvalue weighted by molar-refractivity contribution is 5.92. The fourth-order valence-corrected chi connectivity index (χ4v) is 4.52. The molecule has 4 rings (SSSR count). The van der Waals surface area contributed by atoms with Crippen LogP contribution in [0, 0.1) is 17.6 Å². The van der Waals surface area contributed by atoms with Gasteiger partial charge >= 0.3 is 6.18 Å². The molecule has 0 unspecified atom stereocenters. The number of amides is 1. The number of rotatable bonds is 7. The van der Waals surface area contributed by atoms with E-state index in [2.05, 4.69) is 10.3 Å². The van der Waals surface area contributed by atoms with Gasteiger partial charge in [0.15, 0.2) is 0 Å². The Morgan fingerprint density at radius 2 is 1.82 bits per heavy atom. The van der Waals surface area contributed by atoms with Crippen LogP contribution in [0.15, 0.2) is 36.4 Å². The summed E-state index contributed by atoms with van der Waals surface area (Å²) < 4.78 is 68.1. The van der Waals surface area contributed by atoms with Crippen molar-refractivity contribution in [2.75, 3.05) is 13.2 Å². The minimum absolute atomic E-state index is 0.00274. The molecule has 1 amide bonds. The summed E-state index contributed by atoms with van der Waals surface area (Å²) in [5.41, 5.74) is 0.596. The van der Waals surface area contributed by atoms with Crippen molar-refractivity contribution in [3.63, 3.8) is 0 Å². The predicted octanol–water partition coefficient (Wildman–Crippen LogP) is 5.51. The van der Waals surface area contributed by atoms with Gasteiger partial charge in [-0.15, -0.1) is 0 Å². The highest BCUT2D eigenvalue weighted by atomic mass is 19.4. The van der Waals surface area contributed by atoms with Crippen LogP contribution >= 0.6 is 0 Å². The molecule has 1 heterocycles. The number of carbonyl (C=O) groups excluding carboxylic acids is 1. The molecular weight excluding hydrogens is 443 g/mol. The quantitative estimate of drug-likeness (QED) is 0.402. The first kappa shape index (κ1) is 23.2. The van der Waals surface area contributed by atoms with Crippen LogP contribution < -0.4 is 5.32 Å². The summed E-state index contributed by atoms with van der Waals surface area (Å²) in [7, 11) is 0. The summed E-state index contributed by atoms with van der Waals surface area (Å²) in [5.74, 6) is -1.52. The minimum atomic E-state index is -4.69. The predicted molar refractivity (Wildman–Crippen MR) is 113 cm³/mol. The van der Waals surface area contributed by atoms with Crippen molar-refractivity contribution in [3.05, 3.63) is 59.2 Å². The van der Waals surface area contributed by atoms with Gasteiger partial charge in [-0.25, -0.2) is 8.78 Å².